The average molecular weight is 447 g/mol. The minimum Gasteiger partial charge on any atom is -0.325 e. The van der Waals surface area contributed by atoms with Gasteiger partial charge in [0.25, 0.3) is 0 Å². The molecule has 1 amide bonds. The lowest BCUT2D eigenvalue weighted by Gasteiger charge is -2.56. The van der Waals surface area contributed by atoms with Crippen molar-refractivity contribution in [2.75, 3.05) is 11.1 Å². The van der Waals surface area contributed by atoms with E-state index in [1.807, 2.05) is 30.3 Å². The van der Waals surface area contributed by atoms with Crippen LogP contribution in [-0.4, -0.2) is 26.4 Å². The summed E-state index contributed by atoms with van der Waals surface area (Å²) in [5.41, 5.74) is 1.30. The van der Waals surface area contributed by atoms with E-state index in [2.05, 4.69) is 39.3 Å². The second kappa shape index (κ2) is 7.91. The monoisotopic (exact) mass is 446 g/mol. The lowest BCUT2D eigenvalue weighted by Crippen LogP contribution is -2.47. The van der Waals surface area contributed by atoms with E-state index in [4.69, 9.17) is 0 Å². The summed E-state index contributed by atoms with van der Waals surface area (Å²) in [5, 5.41) is 15.1. The van der Waals surface area contributed by atoms with Crippen LogP contribution in [0.1, 0.15) is 44.3 Å². The van der Waals surface area contributed by atoms with Gasteiger partial charge in [-0.1, -0.05) is 48.2 Å². The normalized spacial score (nSPS) is 28.3. The van der Waals surface area contributed by atoms with Gasteiger partial charge >= 0.3 is 0 Å². The lowest BCUT2D eigenvalue weighted by atomic mass is 9.49. The van der Waals surface area contributed by atoms with Crippen molar-refractivity contribution in [3.05, 3.63) is 48.3 Å². The number of amides is 1. The van der Waals surface area contributed by atoms with Crippen LogP contribution in [0.3, 0.4) is 0 Å². The molecule has 2 aromatic carbocycles. The van der Waals surface area contributed by atoms with Gasteiger partial charge in [-0.2, -0.15) is 0 Å². The molecule has 6 heteroatoms. The molecule has 0 radical (unpaired) electrons. The summed E-state index contributed by atoms with van der Waals surface area (Å²) in [7, 11) is 2.06. The fourth-order valence-corrected chi connectivity index (χ4v) is 7.85. The third-order valence-electron chi connectivity index (χ3n) is 8.02. The highest BCUT2D eigenvalue weighted by atomic mass is 32.2. The molecule has 0 unspecified atom stereocenters. The molecule has 1 heterocycles. The average Bonchev–Trinajstić information content (AvgIpc) is 3.10. The minimum absolute atomic E-state index is 0.0167. The Hall–Kier alpha value is -2.34. The number of nitrogens with zero attached hydrogens (tertiary/aromatic N) is 3. The summed E-state index contributed by atoms with van der Waals surface area (Å²) in [6.07, 6.45) is 9.56. The molecular weight excluding hydrogens is 416 g/mol. The van der Waals surface area contributed by atoms with Crippen LogP contribution < -0.4 is 5.32 Å². The van der Waals surface area contributed by atoms with E-state index in [0.29, 0.717) is 11.2 Å². The van der Waals surface area contributed by atoms with Gasteiger partial charge in [-0.25, -0.2) is 0 Å². The van der Waals surface area contributed by atoms with Crippen LogP contribution in [0.2, 0.25) is 0 Å². The van der Waals surface area contributed by atoms with Crippen LogP contribution in [-0.2, 0) is 18.3 Å². The molecule has 4 saturated carbocycles. The van der Waals surface area contributed by atoms with Gasteiger partial charge in [0.2, 0.25) is 5.91 Å². The van der Waals surface area contributed by atoms with Crippen molar-refractivity contribution in [1.29, 1.82) is 0 Å². The molecule has 1 N–H and O–H groups in total. The van der Waals surface area contributed by atoms with Crippen molar-refractivity contribution < 1.29 is 4.79 Å². The largest absolute Gasteiger partial charge is 0.325 e. The molecule has 4 aliphatic carbocycles. The standard InChI is InChI=1S/C26H30N4OS/c1-30-23(15-26-12-17-9-18(13-26)11-19(10-17)14-26)28-29-25(30)32-16-24(31)27-22-8-4-6-20-5-2-3-7-21(20)22/h2-8,17-19H,9-16H2,1H3,(H,27,31). The molecule has 4 fully saturated rings. The SMILES string of the molecule is Cn1c(CC23CC4CC(CC(C4)C2)C3)nnc1SCC(=O)Nc1cccc2ccccc12. The zero-order valence-corrected chi connectivity index (χ0v) is 19.4. The number of benzene rings is 2. The summed E-state index contributed by atoms with van der Waals surface area (Å²) in [6, 6.07) is 14.1. The van der Waals surface area contributed by atoms with Crippen molar-refractivity contribution in [3.8, 4) is 0 Å². The lowest BCUT2D eigenvalue weighted by molar-refractivity contribution is -0.113. The molecule has 166 valence electrons. The molecular formula is C26H30N4OS. The maximum Gasteiger partial charge on any atom is 0.234 e. The number of carbonyl (C=O) groups is 1. The first kappa shape index (κ1) is 20.3. The number of hydrogen-bond donors (Lipinski definition) is 1. The number of aromatic nitrogens is 3. The first-order chi connectivity index (χ1) is 15.6. The summed E-state index contributed by atoms with van der Waals surface area (Å²) in [5.74, 6) is 4.23. The van der Waals surface area contributed by atoms with Gasteiger partial charge in [-0.05, 0) is 73.1 Å². The predicted octanol–water partition coefficient (Wildman–Crippen LogP) is 5.46. The maximum atomic E-state index is 12.7. The number of nitrogens with one attached hydrogen (secondary N) is 1. The van der Waals surface area contributed by atoms with Gasteiger partial charge in [-0.15, -0.1) is 10.2 Å². The zero-order valence-electron chi connectivity index (χ0n) is 18.6. The Kier molecular flexibility index (Phi) is 5.01. The van der Waals surface area contributed by atoms with Crippen LogP contribution in [0.4, 0.5) is 5.69 Å². The maximum absolute atomic E-state index is 12.7. The first-order valence-corrected chi connectivity index (χ1v) is 12.8. The number of thioether (sulfide) groups is 1. The number of fused-ring (bicyclic) bond motifs is 1. The van der Waals surface area contributed by atoms with E-state index in [9.17, 15) is 4.79 Å². The number of hydrogen-bond acceptors (Lipinski definition) is 4. The van der Waals surface area contributed by atoms with Crippen molar-refractivity contribution in [2.45, 2.75) is 50.1 Å². The van der Waals surface area contributed by atoms with Crippen LogP contribution in [0.25, 0.3) is 10.8 Å². The van der Waals surface area contributed by atoms with Gasteiger partial charge in [0.15, 0.2) is 5.16 Å². The number of carbonyl (C=O) groups excluding carboxylic acids is 1. The Morgan fingerprint density at radius 1 is 1.03 bits per heavy atom. The highest BCUT2D eigenvalue weighted by Crippen LogP contribution is 2.60. The van der Waals surface area contributed by atoms with Crippen molar-refractivity contribution in [1.82, 2.24) is 14.8 Å². The summed E-state index contributed by atoms with van der Waals surface area (Å²) < 4.78 is 2.12. The fraction of sp³-hybridized carbons (Fsp3) is 0.500. The predicted molar refractivity (Wildman–Crippen MR) is 129 cm³/mol. The van der Waals surface area contributed by atoms with Crippen molar-refractivity contribution in [3.63, 3.8) is 0 Å². The summed E-state index contributed by atoms with van der Waals surface area (Å²) in [4.78, 5) is 12.7. The van der Waals surface area contributed by atoms with Gasteiger partial charge < -0.3 is 9.88 Å². The van der Waals surface area contributed by atoms with E-state index >= 15 is 0 Å². The van der Waals surface area contributed by atoms with E-state index in [0.717, 1.165) is 51.6 Å². The zero-order chi connectivity index (χ0) is 21.7. The number of anilines is 1. The molecule has 0 spiro atoms. The minimum atomic E-state index is -0.0167. The second-order valence-corrected chi connectivity index (χ2v) is 11.4. The Bertz CT molecular complexity index is 1130. The van der Waals surface area contributed by atoms with Crippen LogP contribution in [0.15, 0.2) is 47.6 Å². The molecule has 1 aromatic heterocycles. The van der Waals surface area contributed by atoms with E-state index in [-0.39, 0.29) is 5.91 Å². The molecule has 32 heavy (non-hydrogen) atoms. The highest BCUT2D eigenvalue weighted by molar-refractivity contribution is 7.99. The van der Waals surface area contributed by atoms with E-state index in [1.165, 1.54) is 50.3 Å². The summed E-state index contributed by atoms with van der Waals surface area (Å²) in [6.45, 7) is 0. The molecule has 5 nitrogen and oxygen atoms in total. The smallest absolute Gasteiger partial charge is 0.234 e. The van der Waals surface area contributed by atoms with Crippen molar-refractivity contribution >= 4 is 34.1 Å². The van der Waals surface area contributed by atoms with Gasteiger partial charge in [-0.3, -0.25) is 4.79 Å². The van der Waals surface area contributed by atoms with Crippen LogP contribution in [0.5, 0.6) is 0 Å². The number of rotatable bonds is 6. The third kappa shape index (κ3) is 3.72. The highest BCUT2D eigenvalue weighted by Gasteiger charge is 2.51. The van der Waals surface area contributed by atoms with Gasteiger partial charge in [0.1, 0.15) is 5.82 Å². The Morgan fingerprint density at radius 3 is 2.47 bits per heavy atom. The Labute approximate surface area is 193 Å². The topological polar surface area (TPSA) is 59.8 Å². The Balaban J connectivity index is 1.11. The van der Waals surface area contributed by atoms with Gasteiger partial charge in [0, 0.05) is 24.5 Å². The van der Waals surface area contributed by atoms with Crippen molar-refractivity contribution in [2.24, 2.45) is 30.2 Å². The first-order valence-electron chi connectivity index (χ1n) is 11.9. The van der Waals surface area contributed by atoms with E-state index in [1.54, 1.807) is 0 Å². The fourth-order valence-electron chi connectivity index (χ4n) is 7.12. The second-order valence-electron chi connectivity index (χ2n) is 10.4. The molecule has 0 saturated heterocycles. The Morgan fingerprint density at radius 2 is 1.72 bits per heavy atom. The molecule has 7 rings (SSSR count). The van der Waals surface area contributed by atoms with E-state index < -0.39 is 0 Å². The molecule has 4 bridgehead atoms. The van der Waals surface area contributed by atoms with Crippen LogP contribution >= 0.6 is 11.8 Å². The molecule has 0 atom stereocenters. The molecule has 4 aliphatic rings. The molecule has 3 aromatic rings. The summed E-state index contributed by atoms with van der Waals surface area (Å²) >= 11 is 1.47. The van der Waals surface area contributed by atoms with Crippen LogP contribution in [0, 0.1) is 23.2 Å². The third-order valence-corrected chi connectivity index (χ3v) is 9.04. The molecule has 0 aliphatic heterocycles. The quantitative estimate of drug-likeness (QED) is 0.511. The van der Waals surface area contributed by atoms with Gasteiger partial charge in [0.05, 0.1) is 5.75 Å².